The van der Waals surface area contributed by atoms with Crippen molar-refractivity contribution in [2.45, 2.75) is 19.4 Å². The number of hydrogen-bond donors (Lipinski definition) is 2. The van der Waals surface area contributed by atoms with E-state index in [1.807, 2.05) is 0 Å². The van der Waals surface area contributed by atoms with E-state index in [-0.39, 0.29) is 30.5 Å². The maximum absolute atomic E-state index is 11.9. The van der Waals surface area contributed by atoms with Crippen molar-refractivity contribution in [2.24, 2.45) is 5.10 Å². The number of carbonyl (C=O) groups is 2. The molecule has 1 aliphatic heterocycles. The van der Waals surface area contributed by atoms with E-state index >= 15 is 0 Å². The van der Waals surface area contributed by atoms with E-state index in [1.165, 1.54) is 7.11 Å². The molecule has 0 unspecified atom stereocenters. The Balaban J connectivity index is 2.06. The molecule has 6 nitrogen and oxygen atoms in total. The molecule has 0 bridgehead atoms. The van der Waals surface area contributed by atoms with Gasteiger partial charge in [-0.1, -0.05) is 23.2 Å². The molecule has 112 valence electrons. The molecule has 1 heterocycles. The highest BCUT2D eigenvalue weighted by Crippen LogP contribution is 2.32. The Kier molecular flexibility index (Phi) is 5.03. The van der Waals surface area contributed by atoms with Gasteiger partial charge in [-0.3, -0.25) is 9.59 Å². The van der Waals surface area contributed by atoms with Crippen molar-refractivity contribution >= 4 is 40.7 Å². The standard InChI is InChI=1S/C13H13Cl2N3O3/c1-21-12-7(4-8(14)5-9(12)15)6-16-13(20)10-2-3-11(19)18-17-10/h4-5H,2-3,6H2,1H3,(H,16,20)(H,18,19). The van der Waals surface area contributed by atoms with Crippen molar-refractivity contribution in [1.29, 1.82) is 0 Å². The quantitative estimate of drug-likeness (QED) is 0.885. The van der Waals surface area contributed by atoms with Gasteiger partial charge in [-0.05, 0) is 12.1 Å². The number of hydrazone groups is 1. The maximum atomic E-state index is 11.9. The molecular weight excluding hydrogens is 317 g/mol. The lowest BCUT2D eigenvalue weighted by Gasteiger charge is -2.14. The second-order valence-corrected chi connectivity index (χ2v) is 5.20. The van der Waals surface area contributed by atoms with Crippen molar-refractivity contribution in [2.75, 3.05) is 7.11 Å². The zero-order valence-corrected chi connectivity index (χ0v) is 12.7. The van der Waals surface area contributed by atoms with Crippen LogP contribution in [0, 0.1) is 0 Å². The van der Waals surface area contributed by atoms with Gasteiger partial charge < -0.3 is 10.1 Å². The van der Waals surface area contributed by atoms with Crippen LogP contribution in [0.1, 0.15) is 18.4 Å². The topological polar surface area (TPSA) is 79.8 Å². The largest absolute Gasteiger partial charge is 0.495 e. The molecule has 0 aliphatic carbocycles. The zero-order chi connectivity index (χ0) is 15.4. The third-order valence-corrected chi connectivity index (χ3v) is 3.39. The van der Waals surface area contributed by atoms with Gasteiger partial charge in [0.2, 0.25) is 5.91 Å². The summed E-state index contributed by atoms with van der Waals surface area (Å²) in [5.41, 5.74) is 3.21. The average molecular weight is 330 g/mol. The number of nitrogens with zero attached hydrogens (tertiary/aromatic N) is 1. The highest BCUT2D eigenvalue weighted by Gasteiger charge is 2.18. The molecule has 2 amide bonds. The number of methoxy groups -OCH3 is 1. The van der Waals surface area contributed by atoms with Crippen LogP contribution in [-0.2, 0) is 16.1 Å². The molecular formula is C13H13Cl2N3O3. The molecule has 2 rings (SSSR count). The van der Waals surface area contributed by atoms with Crippen LogP contribution >= 0.6 is 23.2 Å². The summed E-state index contributed by atoms with van der Waals surface area (Å²) in [7, 11) is 1.49. The number of halogens is 2. The van der Waals surface area contributed by atoms with Crippen LogP contribution < -0.4 is 15.5 Å². The highest BCUT2D eigenvalue weighted by molar-refractivity contribution is 6.39. The van der Waals surface area contributed by atoms with Crippen LogP contribution in [-0.4, -0.2) is 24.6 Å². The minimum absolute atomic E-state index is 0.190. The number of benzene rings is 1. The van der Waals surface area contributed by atoms with Gasteiger partial charge in [0.05, 0.1) is 12.1 Å². The van der Waals surface area contributed by atoms with Gasteiger partial charge in [0.1, 0.15) is 11.5 Å². The lowest BCUT2D eigenvalue weighted by atomic mass is 10.1. The normalized spacial score (nSPS) is 14.2. The van der Waals surface area contributed by atoms with Gasteiger partial charge in [-0.15, -0.1) is 0 Å². The van der Waals surface area contributed by atoms with E-state index in [0.717, 1.165) is 0 Å². The molecule has 0 saturated carbocycles. The van der Waals surface area contributed by atoms with Gasteiger partial charge in [-0.25, -0.2) is 5.43 Å². The number of ether oxygens (including phenoxy) is 1. The Hall–Kier alpha value is -1.79. The fraction of sp³-hybridized carbons (Fsp3) is 0.308. The summed E-state index contributed by atoms with van der Waals surface area (Å²) in [5, 5.41) is 7.24. The second kappa shape index (κ2) is 6.78. The lowest BCUT2D eigenvalue weighted by Crippen LogP contribution is -2.36. The SMILES string of the molecule is COc1c(Cl)cc(Cl)cc1CNC(=O)C1=NNC(=O)CC1. The van der Waals surface area contributed by atoms with Gasteiger partial charge >= 0.3 is 0 Å². The molecule has 0 aromatic heterocycles. The summed E-state index contributed by atoms with van der Waals surface area (Å²) in [4.78, 5) is 22.9. The Labute approximate surface area is 131 Å². The summed E-state index contributed by atoms with van der Waals surface area (Å²) >= 11 is 12.0. The van der Waals surface area contributed by atoms with Crippen molar-refractivity contribution in [3.05, 3.63) is 27.7 Å². The summed E-state index contributed by atoms with van der Waals surface area (Å²) in [6.45, 7) is 0.190. The first-order valence-corrected chi connectivity index (χ1v) is 6.92. The summed E-state index contributed by atoms with van der Waals surface area (Å²) < 4.78 is 5.19. The smallest absolute Gasteiger partial charge is 0.267 e. The monoisotopic (exact) mass is 329 g/mol. The molecule has 0 spiro atoms. The minimum atomic E-state index is -0.354. The summed E-state index contributed by atoms with van der Waals surface area (Å²) in [5.74, 6) is -0.0942. The molecule has 1 aliphatic rings. The molecule has 0 radical (unpaired) electrons. The molecule has 2 N–H and O–H groups in total. The third kappa shape index (κ3) is 3.86. The van der Waals surface area contributed by atoms with E-state index in [0.29, 0.717) is 27.8 Å². The Morgan fingerprint density at radius 1 is 1.43 bits per heavy atom. The second-order valence-electron chi connectivity index (χ2n) is 4.36. The van der Waals surface area contributed by atoms with E-state index in [2.05, 4.69) is 15.8 Å². The van der Waals surface area contributed by atoms with Gasteiger partial charge in [-0.2, -0.15) is 5.10 Å². The van der Waals surface area contributed by atoms with Crippen LogP contribution in [0.15, 0.2) is 17.2 Å². The van der Waals surface area contributed by atoms with Crippen LogP contribution in [0.2, 0.25) is 10.0 Å². The first-order chi connectivity index (χ1) is 10.0. The number of amides is 2. The number of nitrogens with one attached hydrogen (secondary N) is 2. The van der Waals surface area contributed by atoms with Crippen LogP contribution in [0.3, 0.4) is 0 Å². The molecule has 1 aromatic rings. The van der Waals surface area contributed by atoms with Crippen LogP contribution in [0.5, 0.6) is 5.75 Å². The Morgan fingerprint density at radius 3 is 2.81 bits per heavy atom. The minimum Gasteiger partial charge on any atom is -0.495 e. The van der Waals surface area contributed by atoms with E-state index in [9.17, 15) is 9.59 Å². The van der Waals surface area contributed by atoms with Crippen LogP contribution in [0.4, 0.5) is 0 Å². The molecule has 1 aromatic carbocycles. The van der Waals surface area contributed by atoms with Gasteiger partial charge in [0.25, 0.3) is 5.91 Å². The molecule has 0 fully saturated rings. The molecule has 21 heavy (non-hydrogen) atoms. The van der Waals surface area contributed by atoms with E-state index in [1.54, 1.807) is 12.1 Å². The van der Waals surface area contributed by atoms with E-state index in [4.69, 9.17) is 27.9 Å². The van der Waals surface area contributed by atoms with Crippen molar-refractivity contribution < 1.29 is 14.3 Å². The fourth-order valence-electron chi connectivity index (χ4n) is 1.89. The number of carbonyl (C=O) groups excluding carboxylic acids is 2. The predicted molar refractivity (Wildman–Crippen MR) is 79.7 cm³/mol. The zero-order valence-electron chi connectivity index (χ0n) is 11.2. The van der Waals surface area contributed by atoms with Crippen molar-refractivity contribution in [3.63, 3.8) is 0 Å². The number of hydrogen-bond acceptors (Lipinski definition) is 4. The fourth-order valence-corrected chi connectivity index (χ4v) is 2.50. The highest BCUT2D eigenvalue weighted by atomic mass is 35.5. The Morgan fingerprint density at radius 2 is 2.19 bits per heavy atom. The number of rotatable bonds is 4. The first-order valence-electron chi connectivity index (χ1n) is 6.16. The van der Waals surface area contributed by atoms with Crippen molar-refractivity contribution in [1.82, 2.24) is 10.7 Å². The van der Waals surface area contributed by atoms with Crippen LogP contribution in [0.25, 0.3) is 0 Å². The summed E-state index contributed by atoms with van der Waals surface area (Å²) in [6, 6.07) is 3.23. The van der Waals surface area contributed by atoms with E-state index < -0.39 is 0 Å². The molecule has 0 saturated heterocycles. The Bertz CT molecular complexity index is 617. The summed E-state index contributed by atoms with van der Waals surface area (Å²) in [6.07, 6.45) is 0.559. The van der Waals surface area contributed by atoms with Gasteiger partial charge in [0, 0.05) is 30.0 Å². The third-order valence-electron chi connectivity index (χ3n) is 2.90. The molecule has 0 atom stereocenters. The lowest BCUT2D eigenvalue weighted by molar-refractivity contribution is -0.121. The van der Waals surface area contributed by atoms with Gasteiger partial charge in [0.15, 0.2) is 0 Å². The molecule has 8 heteroatoms. The van der Waals surface area contributed by atoms with Crippen molar-refractivity contribution in [3.8, 4) is 5.75 Å². The maximum Gasteiger partial charge on any atom is 0.267 e. The average Bonchev–Trinajstić information content (AvgIpc) is 2.45. The first kappa shape index (κ1) is 15.6. The predicted octanol–water partition coefficient (Wildman–Crippen LogP) is 1.88.